The smallest absolute Gasteiger partial charge is 0.132 e. The Bertz CT molecular complexity index is 590. The third kappa shape index (κ3) is 44.8. The van der Waals surface area contributed by atoms with E-state index in [4.69, 9.17) is 61.6 Å². The van der Waals surface area contributed by atoms with Crippen molar-refractivity contribution in [1.82, 2.24) is 0 Å². The normalized spacial score (nSPS) is 11.4. The predicted octanol–water partition coefficient (Wildman–Crippen LogP) is 1.16. The van der Waals surface area contributed by atoms with Gasteiger partial charge in [0, 0.05) is 12.8 Å². The number of Topliss-reactive ketones (excluding diaryl/α,β-unsaturated/α-hetero) is 2. The third-order valence-corrected chi connectivity index (χ3v) is 5.66. The first-order valence-corrected chi connectivity index (χ1v) is 16.6. The summed E-state index contributed by atoms with van der Waals surface area (Å²) in [7, 11) is 0. The molecular formula is C32H62O15. The van der Waals surface area contributed by atoms with Crippen LogP contribution >= 0.6 is 0 Å². The minimum absolute atomic E-state index is 0.123. The molecule has 0 fully saturated rings. The van der Waals surface area contributed by atoms with Crippen molar-refractivity contribution in [2.75, 3.05) is 172 Å². The van der Waals surface area contributed by atoms with Crippen LogP contribution in [0.1, 0.15) is 26.7 Å². The van der Waals surface area contributed by atoms with Gasteiger partial charge in [-0.25, -0.2) is 0 Å². The Morgan fingerprint density at radius 2 is 0.340 bits per heavy atom. The molecule has 47 heavy (non-hydrogen) atoms. The lowest BCUT2D eigenvalue weighted by Gasteiger charge is -2.09. The molecule has 0 N–H and O–H groups in total. The van der Waals surface area contributed by atoms with Gasteiger partial charge in [-0.3, -0.25) is 9.59 Å². The Labute approximate surface area is 281 Å². The van der Waals surface area contributed by atoms with E-state index in [1.807, 2.05) is 0 Å². The van der Waals surface area contributed by atoms with Crippen LogP contribution in [-0.4, -0.2) is 183 Å². The topological polar surface area (TPSA) is 154 Å². The number of carbonyl (C=O) groups excluding carboxylic acids is 2. The van der Waals surface area contributed by atoms with Gasteiger partial charge in [-0.2, -0.15) is 0 Å². The summed E-state index contributed by atoms with van der Waals surface area (Å²) in [6.45, 7) is 15.8. The number of rotatable bonds is 42. The van der Waals surface area contributed by atoms with E-state index >= 15 is 0 Å². The van der Waals surface area contributed by atoms with E-state index in [0.29, 0.717) is 185 Å². The Balaban J connectivity index is 3.05. The summed E-state index contributed by atoms with van der Waals surface area (Å²) in [6.07, 6.45) is 0.878. The van der Waals surface area contributed by atoms with Crippen LogP contribution in [0, 0.1) is 0 Å². The highest BCUT2D eigenvalue weighted by molar-refractivity contribution is 5.75. The molecule has 0 radical (unpaired) electrons. The van der Waals surface area contributed by atoms with Crippen molar-refractivity contribution >= 4 is 11.6 Å². The van der Waals surface area contributed by atoms with Gasteiger partial charge in [-0.1, -0.05) is 0 Å². The molecule has 0 aliphatic carbocycles. The minimum Gasteiger partial charge on any atom is -0.379 e. The first-order valence-electron chi connectivity index (χ1n) is 16.6. The van der Waals surface area contributed by atoms with Gasteiger partial charge < -0.3 is 61.6 Å². The van der Waals surface area contributed by atoms with Gasteiger partial charge in [-0.05, 0) is 13.8 Å². The molecule has 0 aromatic heterocycles. The highest BCUT2D eigenvalue weighted by Gasteiger charge is 1.98. The van der Waals surface area contributed by atoms with Crippen LogP contribution in [0.2, 0.25) is 0 Å². The monoisotopic (exact) mass is 686 g/mol. The molecule has 0 bridgehead atoms. The summed E-state index contributed by atoms with van der Waals surface area (Å²) in [5.41, 5.74) is 0. The zero-order valence-electron chi connectivity index (χ0n) is 28.9. The number of ketones is 2. The van der Waals surface area contributed by atoms with Crippen LogP contribution in [0.3, 0.4) is 0 Å². The maximum atomic E-state index is 10.8. The number of carbonyl (C=O) groups is 2. The summed E-state index contributed by atoms with van der Waals surface area (Å²) in [4.78, 5) is 21.5. The molecule has 0 aliphatic heterocycles. The van der Waals surface area contributed by atoms with E-state index < -0.39 is 0 Å². The minimum atomic E-state index is 0.123. The van der Waals surface area contributed by atoms with Gasteiger partial charge in [0.05, 0.1) is 172 Å². The van der Waals surface area contributed by atoms with Crippen molar-refractivity contribution in [1.29, 1.82) is 0 Å². The molecule has 0 aliphatic rings. The van der Waals surface area contributed by atoms with Gasteiger partial charge >= 0.3 is 0 Å². The number of hydrogen-bond donors (Lipinski definition) is 0. The molecule has 0 rings (SSSR count). The summed E-state index contributed by atoms with van der Waals surface area (Å²) in [5.74, 6) is 0.246. The van der Waals surface area contributed by atoms with Crippen LogP contribution in [0.4, 0.5) is 0 Å². The Morgan fingerprint density at radius 1 is 0.234 bits per heavy atom. The highest BCUT2D eigenvalue weighted by Crippen LogP contribution is 1.89. The average Bonchev–Trinajstić information content (AvgIpc) is 3.05. The zero-order valence-corrected chi connectivity index (χ0v) is 28.9. The predicted molar refractivity (Wildman–Crippen MR) is 171 cm³/mol. The lowest BCUT2D eigenvalue weighted by molar-refractivity contribution is -0.119. The van der Waals surface area contributed by atoms with Crippen LogP contribution in [-0.2, 0) is 71.2 Å². The summed E-state index contributed by atoms with van der Waals surface area (Å²) in [6, 6.07) is 0. The van der Waals surface area contributed by atoms with Crippen molar-refractivity contribution in [2.45, 2.75) is 26.7 Å². The molecule has 0 saturated heterocycles. The molecule has 0 atom stereocenters. The van der Waals surface area contributed by atoms with Crippen LogP contribution < -0.4 is 0 Å². The lowest BCUT2D eigenvalue weighted by Crippen LogP contribution is -2.15. The molecule has 0 heterocycles. The van der Waals surface area contributed by atoms with Gasteiger partial charge in [0.1, 0.15) is 11.6 Å². The van der Waals surface area contributed by atoms with E-state index in [9.17, 15) is 9.59 Å². The van der Waals surface area contributed by atoms with Crippen molar-refractivity contribution in [3.63, 3.8) is 0 Å². The van der Waals surface area contributed by atoms with E-state index in [1.165, 1.54) is 0 Å². The highest BCUT2D eigenvalue weighted by atomic mass is 16.6. The second kappa shape index (κ2) is 41.0. The summed E-state index contributed by atoms with van der Waals surface area (Å²) < 4.78 is 70.4. The lowest BCUT2D eigenvalue weighted by atomic mass is 10.3. The fraction of sp³-hybridized carbons (Fsp3) is 0.938. The quantitative estimate of drug-likeness (QED) is 0.0844. The fourth-order valence-electron chi connectivity index (χ4n) is 3.17. The van der Waals surface area contributed by atoms with E-state index in [0.717, 1.165) is 0 Å². The van der Waals surface area contributed by atoms with E-state index in [2.05, 4.69) is 0 Å². The van der Waals surface area contributed by atoms with Crippen molar-refractivity contribution in [3.8, 4) is 0 Å². The van der Waals surface area contributed by atoms with Gasteiger partial charge in [-0.15, -0.1) is 0 Å². The first-order chi connectivity index (χ1) is 23.1. The summed E-state index contributed by atoms with van der Waals surface area (Å²) >= 11 is 0. The number of hydrogen-bond acceptors (Lipinski definition) is 15. The first kappa shape index (κ1) is 45.8. The largest absolute Gasteiger partial charge is 0.379 e. The second-order valence-electron chi connectivity index (χ2n) is 9.86. The SMILES string of the molecule is CC(=O)CCOCCOCCOCCOCCOCCOCCOCCOCCOCCOCCOCCOCCOCCC(C)=O. The molecule has 0 aromatic rings. The van der Waals surface area contributed by atoms with Crippen molar-refractivity contribution < 1.29 is 71.2 Å². The van der Waals surface area contributed by atoms with Crippen LogP contribution in [0.5, 0.6) is 0 Å². The Kier molecular flexibility index (Phi) is 40.0. The Hall–Kier alpha value is -1.18. The average molecular weight is 687 g/mol. The number of ether oxygens (including phenoxy) is 13. The van der Waals surface area contributed by atoms with Crippen LogP contribution in [0.15, 0.2) is 0 Å². The molecule has 0 spiro atoms. The van der Waals surface area contributed by atoms with E-state index in [1.54, 1.807) is 13.8 Å². The standard InChI is InChI=1S/C32H62O15/c1-31(33)3-5-35-7-9-37-11-13-39-15-17-41-19-21-43-23-25-45-27-29-47-30-28-46-26-24-44-22-20-42-18-16-40-14-12-38-10-8-36-6-4-32(2)34/h3-30H2,1-2H3. The fourth-order valence-corrected chi connectivity index (χ4v) is 3.17. The molecule has 280 valence electrons. The summed E-state index contributed by atoms with van der Waals surface area (Å²) in [5, 5.41) is 0. The second-order valence-corrected chi connectivity index (χ2v) is 9.86. The molecule has 0 saturated carbocycles. The molecule has 0 amide bonds. The maximum Gasteiger partial charge on any atom is 0.132 e. The van der Waals surface area contributed by atoms with Crippen molar-refractivity contribution in [2.24, 2.45) is 0 Å². The van der Waals surface area contributed by atoms with Crippen LogP contribution in [0.25, 0.3) is 0 Å². The Morgan fingerprint density at radius 3 is 0.447 bits per heavy atom. The van der Waals surface area contributed by atoms with Gasteiger partial charge in [0.15, 0.2) is 0 Å². The maximum absolute atomic E-state index is 10.8. The molecular weight excluding hydrogens is 624 g/mol. The van der Waals surface area contributed by atoms with Gasteiger partial charge in [0.25, 0.3) is 0 Å². The molecule has 0 unspecified atom stereocenters. The van der Waals surface area contributed by atoms with E-state index in [-0.39, 0.29) is 11.6 Å². The third-order valence-electron chi connectivity index (χ3n) is 5.66. The molecule has 15 heteroatoms. The molecule has 15 nitrogen and oxygen atoms in total. The van der Waals surface area contributed by atoms with Crippen molar-refractivity contribution in [3.05, 3.63) is 0 Å². The van der Waals surface area contributed by atoms with Gasteiger partial charge in [0.2, 0.25) is 0 Å². The zero-order chi connectivity index (χ0) is 34.1. The molecule has 0 aromatic carbocycles.